The quantitative estimate of drug-likeness (QED) is 0.788. The lowest BCUT2D eigenvalue weighted by Crippen LogP contribution is -2.30. The summed E-state index contributed by atoms with van der Waals surface area (Å²) in [5.74, 6) is -0.220. The van der Waals surface area contributed by atoms with Crippen LogP contribution in [0, 0.1) is 6.92 Å². The van der Waals surface area contributed by atoms with Crippen molar-refractivity contribution in [3.05, 3.63) is 35.4 Å². The van der Waals surface area contributed by atoms with Gasteiger partial charge in [-0.15, -0.1) is 0 Å². The molecule has 0 aliphatic carbocycles. The Bertz CT molecular complexity index is 301. The molecule has 14 heavy (non-hydrogen) atoms. The lowest BCUT2D eigenvalue weighted by molar-refractivity contribution is 0.174. The van der Waals surface area contributed by atoms with E-state index < -0.39 is 5.67 Å². The number of rotatable bonds is 3. The lowest BCUT2D eigenvalue weighted by atomic mass is 9.85. The van der Waals surface area contributed by atoms with Gasteiger partial charge in [-0.05, 0) is 26.3 Å². The minimum atomic E-state index is -1.26. The molecular weight excluding hydrogens is 177 g/mol. The van der Waals surface area contributed by atoms with Gasteiger partial charge in [0.25, 0.3) is 0 Å². The summed E-state index contributed by atoms with van der Waals surface area (Å²) < 4.78 is 13.8. The molecule has 0 spiro atoms. The van der Waals surface area contributed by atoms with Crippen LogP contribution in [0.5, 0.6) is 0 Å². The fourth-order valence-corrected chi connectivity index (χ4v) is 1.70. The van der Waals surface area contributed by atoms with E-state index in [1.807, 2.05) is 31.2 Å². The van der Waals surface area contributed by atoms with Crippen molar-refractivity contribution in [2.24, 2.45) is 5.73 Å². The van der Waals surface area contributed by atoms with E-state index >= 15 is 0 Å². The molecule has 2 heteroatoms. The van der Waals surface area contributed by atoms with Gasteiger partial charge in [0.05, 0.1) is 0 Å². The molecule has 78 valence electrons. The second-order valence-electron chi connectivity index (χ2n) is 4.27. The zero-order valence-corrected chi connectivity index (χ0v) is 9.05. The van der Waals surface area contributed by atoms with E-state index in [-0.39, 0.29) is 5.92 Å². The van der Waals surface area contributed by atoms with Crippen molar-refractivity contribution < 1.29 is 4.39 Å². The van der Waals surface area contributed by atoms with Crippen molar-refractivity contribution in [2.45, 2.75) is 32.4 Å². The number of hydrogen-bond donors (Lipinski definition) is 1. The van der Waals surface area contributed by atoms with Crippen LogP contribution in [0.3, 0.4) is 0 Å². The highest BCUT2D eigenvalue weighted by molar-refractivity contribution is 5.27. The summed E-state index contributed by atoms with van der Waals surface area (Å²) in [7, 11) is 0. The molecule has 0 saturated carbocycles. The van der Waals surface area contributed by atoms with Crippen LogP contribution in [0.1, 0.15) is 30.9 Å². The molecule has 0 aliphatic rings. The summed E-state index contributed by atoms with van der Waals surface area (Å²) in [4.78, 5) is 0. The van der Waals surface area contributed by atoms with E-state index in [0.29, 0.717) is 6.54 Å². The SMILES string of the molecule is Cc1cccc(C(CN)C(C)(C)F)c1. The zero-order chi connectivity index (χ0) is 10.8. The van der Waals surface area contributed by atoms with Gasteiger partial charge < -0.3 is 5.73 Å². The molecule has 0 radical (unpaired) electrons. The number of benzene rings is 1. The Kier molecular flexibility index (Phi) is 3.27. The molecule has 0 bridgehead atoms. The normalized spacial score (nSPS) is 14.1. The molecule has 1 aromatic rings. The van der Waals surface area contributed by atoms with Crippen molar-refractivity contribution in [3.8, 4) is 0 Å². The number of hydrogen-bond acceptors (Lipinski definition) is 1. The monoisotopic (exact) mass is 195 g/mol. The molecule has 1 nitrogen and oxygen atoms in total. The van der Waals surface area contributed by atoms with E-state index in [0.717, 1.165) is 11.1 Å². The first kappa shape index (κ1) is 11.2. The fourth-order valence-electron chi connectivity index (χ4n) is 1.70. The molecular formula is C12H18FN. The minimum absolute atomic E-state index is 0.220. The molecule has 0 fully saturated rings. The van der Waals surface area contributed by atoms with Gasteiger partial charge in [-0.1, -0.05) is 29.8 Å². The summed E-state index contributed by atoms with van der Waals surface area (Å²) in [5, 5.41) is 0. The van der Waals surface area contributed by atoms with Gasteiger partial charge >= 0.3 is 0 Å². The zero-order valence-electron chi connectivity index (χ0n) is 9.05. The first-order valence-corrected chi connectivity index (χ1v) is 4.90. The molecule has 1 atom stereocenters. The number of aryl methyl sites for hydroxylation is 1. The Balaban J connectivity index is 3.01. The summed E-state index contributed by atoms with van der Waals surface area (Å²) in [5.41, 5.74) is 6.47. The highest BCUT2D eigenvalue weighted by atomic mass is 19.1. The standard InChI is InChI=1S/C12H18FN/c1-9-5-4-6-10(7-9)11(8-14)12(2,3)13/h4-7,11H,8,14H2,1-3H3. The Labute approximate surface area is 85.1 Å². The van der Waals surface area contributed by atoms with Gasteiger partial charge in [-0.3, -0.25) is 0 Å². The summed E-state index contributed by atoms with van der Waals surface area (Å²) in [6.07, 6.45) is 0. The van der Waals surface area contributed by atoms with Gasteiger partial charge in [0.1, 0.15) is 5.67 Å². The molecule has 0 aliphatic heterocycles. The Morgan fingerprint density at radius 3 is 2.50 bits per heavy atom. The molecule has 1 rings (SSSR count). The van der Waals surface area contributed by atoms with Crippen LogP contribution in [-0.4, -0.2) is 12.2 Å². The van der Waals surface area contributed by atoms with E-state index in [1.165, 1.54) is 0 Å². The maximum atomic E-state index is 13.8. The van der Waals surface area contributed by atoms with Gasteiger partial charge in [-0.2, -0.15) is 0 Å². The second-order valence-corrected chi connectivity index (χ2v) is 4.27. The first-order chi connectivity index (χ1) is 6.45. The van der Waals surface area contributed by atoms with Gasteiger partial charge in [0, 0.05) is 12.5 Å². The summed E-state index contributed by atoms with van der Waals surface area (Å²) >= 11 is 0. The van der Waals surface area contributed by atoms with Gasteiger partial charge in [0.15, 0.2) is 0 Å². The van der Waals surface area contributed by atoms with Crippen molar-refractivity contribution in [1.29, 1.82) is 0 Å². The Morgan fingerprint density at radius 1 is 1.43 bits per heavy atom. The summed E-state index contributed by atoms with van der Waals surface area (Å²) in [6.45, 7) is 5.50. The third-order valence-corrected chi connectivity index (χ3v) is 2.51. The van der Waals surface area contributed by atoms with Gasteiger partial charge in [0.2, 0.25) is 0 Å². The molecule has 0 aromatic heterocycles. The third-order valence-electron chi connectivity index (χ3n) is 2.51. The second kappa shape index (κ2) is 4.09. The van der Waals surface area contributed by atoms with Crippen LogP contribution in [-0.2, 0) is 0 Å². The van der Waals surface area contributed by atoms with Crippen LogP contribution in [0.2, 0.25) is 0 Å². The van der Waals surface area contributed by atoms with Crippen molar-refractivity contribution in [1.82, 2.24) is 0 Å². The van der Waals surface area contributed by atoms with Crippen LogP contribution in [0.4, 0.5) is 4.39 Å². The van der Waals surface area contributed by atoms with Gasteiger partial charge in [-0.25, -0.2) is 4.39 Å². The fraction of sp³-hybridized carbons (Fsp3) is 0.500. The predicted octanol–water partition coefficient (Wildman–Crippen LogP) is 2.79. The Morgan fingerprint density at radius 2 is 2.07 bits per heavy atom. The summed E-state index contributed by atoms with van der Waals surface area (Å²) in [6, 6.07) is 7.88. The maximum absolute atomic E-state index is 13.8. The maximum Gasteiger partial charge on any atom is 0.113 e. The predicted molar refractivity (Wildman–Crippen MR) is 58.2 cm³/mol. The van der Waals surface area contributed by atoms with E-state index in [1.54, 1.807) is 13.8 Å². The lowest BCUT2D eigenvalue weighted by Gasteiger charge is -2.26. The molecule has 1 unspecified atom stereocenters. The third kappa shape index (κ3) is 2.55. The van der Waals surface area contributed by atoms with Crippen molar-refractivity contribution in [2.75, 3.05) is 6.54 Å². The average molecular weight is 195 g/mol. The van der Waals surface area contributed by atoms with E-state index in [2.05, 4.69) is 0 Å². The molecule has 1 aromatic carbocycles. The molecule has 0 heterocycles. The molecule has 2 N–H and O–H groups in total. The van der Waals surface area contributed by atoms with Crippen LogP contribution < -0.4 is 5.73 Å². The highest BCUT2D eigenvalue weighted by Gasteiger charge is 2.29. The number of nitrogens with two attached hydrogens (primary N) is 1. The first-order valence-electron chi connectivity index (χ1n) is 4.90. The van der Waals surface area contributed by atoms with Crippen LogP contribution >= 0.6 is 0 Å². The number of halogens is 1. The minimum Gasteiger partial charge on any atom is -0.330 e. The van der Waals surface area contributed by atoms with Crippen LogP contribution in [0.15, 0.2) is 24.3 Å². The number of alkyl halides is 1. The molecule has 0 saturated heterocycles. The Hall–Kier alpha value is -0.890. The smallest absolute Gasteiger partial charge is 0.113 e. The largest absolute Gasteiger partial charge is 0.330 e. The van der Waals surface area contributed by atoms with Crippen molar-refractivity contribution >= 4 is 0 Å². The van der Waals surface area contributed by atoms with Crippen molar-refractivity contribution in [3.63, 3.8) is 0 Å². The average Bonchev–Trinajstić information content (AvgIpc) is 2.02. The van der Waals surface area contributed by atoms with E-state index in [4.69, 9.17) is 5.73 Å². The highest BCUT2D eigenvalue weighted by Crippen LogP contribution is 2.30. The topological polar surface area (TPSA) is 26.0 Å². The molecule has 0 amide bonds. The van der Waals surface area contributed by atoms with Crippen LogP contribution in [0.25, 0.3) is 0 Å². The van der Waals surface area contributed by atoms with E-state index in [9.17, 15) is 4.39 Å².